The van der Waals surface area contributed by atoms with Gasteiger partial charge >= 0.3 is 21.6 Å². The predicted octanol–water partition coefficient (Wildman–Crippen LogP) is 4.16. The Morgan fingerprint density at radius 3 is 2.58 bits per heavy atom. The summed E-state index contributed by atoms with van der Waals surface area (Å²) in [7, 11) is -5.71. The summed E-state index contributed by atoms with van der Waals surface area (Å²) in [6.45, 7) is 3.01. The van der Waals surface area contributed by atoms with Crippen molar-refractivity contribution in [3.63, 3.8) is 0 Å². The number of allylic oxidation sites excluding steroid dienone is 5. The second kappa shape index (κ2) is 8.88. The fourth-order valence-corrected chi connectivity index (χ4v) is 5.82. The summed E-state index contributed by atoms with van der Waals surface area (Å²) in [5, 5.41) is 0. The van der Waals surface area contributed by atoms with Crippen LogP contribution in [0.2, 0.25) is 0 Å². The second-order valence-electron chi connectivity index (χ2n) is 8.63. The molecule has 1 aliphatic heterocycles. The monoisotopic (exact) mass is 463 g/mol. The summed E-state index contributed by atoms with van der Waals surface area (Å²) in [4.78, 5) is 12.3. The molecule has 0 bridgehead atoms. The molecule has 2 aliphatic carbocycles. The van der Waals surface area contributed by atoms with Gasteiger partial charge in [0.05, 0.1) is 5.92 Å². The smallest absolute Gasteiger partial charge is 0.462 e. The predicted molar refractivity (Wildman–Crippen MR) is 107 cm³/mol. The molecule has 0 aromatic carbocycles. The number of hydrogen-bond donors (Lipinski definition) is 1. The summed E-state index contributed by atoms with van der Waals surface area (Å²) in [5.74, 6) is 0.395. The lowest BCUT2D eigenvalue weighted by molar-refractivity contribution is -0.144. The molecule has 2 N–H and O–H groups in total. The number of cyclic esters (lactones) is 1. The van der Waals surface area contributed by atoms with Crippen LogP contribution in [0.3, 0.4) is 0 Å². The summed E-state index contributed by atoms with van der Waals surface area (Å²) < 4.78 is 68.8. The molecule has 0 radical (unpaired) electrons. The summed E-state index contributed by atoms with van der Waals surface area (Å²) >= 11 is 0. The van der Waals surface area contributed by atoms with E-state index in [1.54, 1.807) is 6.08 Å². The van der Waals surface area contributed by atoms with Crippen molar-refractivity contribution in [2.45, 2.75) is 57.6 Å². The van der Waals surface area contributed by atoms with E-state index in [1.165, 1.54) is 6.08 Å². The SMILES string of the molecule is C\C(=C/C=C(N)/C=C/C1C2CCCCC2CC2C(=O)OC(C)C21)OS(=O)(=O)C(F)(F)F. The van der Waals surface area contributed by atoms with Gasteiger partial charge in [0.15, 0.2) is 0 Å². The Kier molecular flexibility index (Phi) is 6.78. The van der Waals surface area contributed by atoms with Crippen LogP contribution in [-0.2, 0) is 23.8 Å². The lowest BCUT2D eigenvalue weighted by atomic mass is 9.57. The van der Waals surface area contributed by atoms with Crippen LogP contribution in [0.1, 0.15) is 46.0 Å². The van der Waals surface area contributed by atoms with Crippen LogP contribution in [0.15, 0.2) is 35.8 Å². The van der Waals surface area contributed by atoms with Crippen molar-refractivity contribution in [2.24, 2.45) is 35.3 Å². The number of esters is 1. The maximum absolute atomic E-state index is 12.4. The van der Waals surface area contributed by atoms with E-state index >= 15 is 0 Å². The van der Waals surface area contributed by atoms with Crippen LogP contribution in [-0.4, -0.2) is 26.0 Å². The average Bonchev–Trinajstić information content (AvgIpc) is 2.96. The van der Waals surface area contributed by atoms with Gasteiger partial charge in [0, 0.05) is 11.6 Å². The van der Waals surface area contributed by atoms with E-state index in [1.807, 2.05) is 13.0 Å². The van der Waals surface area contributed by atoms with E-state index in [-0.39, 0.29) is 35.5 Å². The van der Waals surface area contributed by atoms with Crippen LogP contribution in [0, 0.1) is 29.6 Å². The Balaban J connectivity index is 1.75. The topological polar surface area (TPSA) is 95.7 Å². The van der Waals surface area contributed by atoms with Gasteiger partial charge in [-0.1, -0.05) is 25.3 Å². The number of carbonyl (C=O) groups excluding carboxylic acids is 1. The van der Waals surface area contributed by atoms with Crippen LogP contribution in [0.25, 0.3) is 0 Å². The summed E-state index contributed by atoms with van der Waals surface area (Å²) in [5.41, 5.74) is 0.699. The molecule has 0 spiro atoms. The van der Waals surface area contributed by atoms with Crippen molar-refractivity contribution in [3.8, 4) is 0 Å². The van der Waals surface area contributed by atoms with Gasteiger partial charge in [-0.15, -0.1) is 0 Å². The fourth-order valence-electron chi connectivity index (χ4n) is 5.33. The Bertz CT molecular complexity index is 893. The quantitative estimate of drug-likeness (QED) is 0.216. The number of nitrogens with two attached hydrogens (primary N) is 1. The molecule has 10 heteroatoms. The van der Waals surface area contributed by atoms with Crippen molar-refractivity contribution in [1.82, 2.24) is 0 Å². The van der Waals surface area contributed by atoms with Gasteiger partial charge < -0.3 is 14.7 Å². The van der Waals surface area contributed by atoms with Crippen molar-refractivity contribution < 1.29 is 35.3 Å². The molecule has 31 heavy (non-hydrogen) atoms. The first-order valence-electron chi connectivity index (χ1n) is 10.4. The van der Waals surface area contributed by atoms with E-state index in [4.69, 9.17) is 10.5 Å². The van der Waals surface area contributed by atoms with Gasteiger partial charge in [-0.05, 0) is 62.7 Å². The van der Waals surface area contributed by atoms with E-state index in [0.717, 1.165) is 45.1 Å². The first-order valence-corrected chi connectivity index (χ1v) is 11.8. The normalized spacial score (nSPS) is 34.9. The Hall–Kier alpha value is -1.97. The van der Waals surface area contributed by atoms with Gasteiger partial charge in [-0.2, -0.15) is 21.6 Å². The number of ether oxygens (including phenoxy) is 1. The molecule has 6 unspecified atom stereocenters. The molecular formula is C21H28F3NO5S. The number of halogens is 3. The van der Waals surface area contributed by atoms with Gasteiger partial charge in [0.1, 0.15) is 11.9 Å². The van der Waals surface area contributed by atoms with Crippen LogP contribution in [0.5, 0.6) is 0 Å². The zero-order valence-electron chi connectivity index (χ0n) is 17.5. The Labute approximate surface area is 180 Å². The van der Waals surface area contributed by atoms with Crippen molar-refractivity contribution in [1.29, 1.82) is 0 Å². The molecule has 3 rings (SSSR count). The molecule has 6 nitrogen and oxygen atoms in total. The van der Waals surface area contributed by atoms with Crippen LogP contribution < -0.4 is 5.73 Å². The summed E-state index contributed by atoms with van der Waals surface area (Å²) in [6.07, 6.45) is 11.2. The van der Waals surface area contributed by atoms with E-state index < -0.39 is 21.4 Å². The van der Waals surface area contributed by atoms with Crippen molar-refractivity contribution in [3.05, 3.63) is 35.8 Å². The highest BCUT2D eigenvalue weighted by Gasteiger charge is 2.53. The second-order valence-corrected chi connectivity index (χ2v) is 10.2. The standard InChI is InChI=1S/C21H28F3NO5S/c1-12(30-31(27,28)21(22,23)24)7-8-15(25)9-10-17-16-6-4-3-5-14(16)11-18-19(17)13(2)29-20(18)26/h7-10,13-14,16-19H,3-6,11,25H2,1-2H3/b10-9+,12-7+,15-8-. The maximum atomic E-state index is 12.4. The molecule has 2 saturated carbocycles. The van der Waals surface area contributed by atoms with Gasteiger partial charge in [0.25, 0.3) is 0 Å². The van der Waals surface area contributed by atoms with Crippen molar-refractivity contribution >= 4 is 16.1 Å². The van der Waals surface area contributed by atoms with E-state index in [0.29, 0.717) is 11.8 Å². The number of alkyl halides is 3. The van der Waals surface area contributed by atoms with Gasteiger partial charge in [-0.3, -0.25) is 4.79 Å². The average molecular weight is 464 g/mol. The molecule has 3 fully saturated rings. The molecule has 0 aromatic rings. The minimum absolute atomic E-state index is 0.0773. The maximum Gasteiger partial charge on any atom is 0.534 e. The minimum Gasteiger partial charge on any atom is -0.462 e. The fraction of sp³-hybridized carbons (Fsp3) is 0.667. The highest BCUT2D eigenvalue weighted by molar-refractivity contribution is 7.87. The highest BCUT2D eigenvalue weighted by Crippen LogP contribution is 2.53. The van der Waals surface area contributed by atoms with Crippen molar-refractivity contribution in [2.75, 3.05) is 0 Å². The number of carbonyl (C=O) groups is 1. The van der Waals surface area contributed by atoms with Crippen LogP contribution in [0.4, 0.5) is 13.2 Å². The number of rotatable bonds is 5. The van der Waals surface area contributed by atoms with Crippen LogP contribution >= 0.6 is 0 Å². The molecule has 1 heterocycles. The largest absolute Gasteiger partial charge is 0.534 e. The number of hydrogen-bond acceptors (Lipinski definition) is 6. The molecule has 1 saturated heterocycles. The molecular weight excluding hydrogens is 435 g/mol. The Morgan fingerprint density at radius 2 is 1.90 bits per heavy atom. The summed E-state index contributed by atoms with van der Waals surface area (Å²) in [6, 6.07) is 0. The first kappa shape index (κ1) is 23.7. The first-order chi connectivity index (χ1) is 14.4. The van der Waals surface area contributed by atoms with E-state index in [9.17, 15) is 26.4 Å². The van der Waals surface area contributed by atoms with Gasteiger partial charge in [0.2, 0.25) is 0 Å². The molecule has 3 aliphatic rings. The lowest BCUT2D eigenvalue weighted by Crippen LogP contribution is -2.42. The molecule has 6 atom stereocenters. The zero-order chi connectivity index (χ0) is 23.0. The van der Waals surface area contributed by atoms with E-state index in [2.05, 4.69) is 4.18 Å². The zero-order valence-corrected chi connectivity index (χ0v) is 18.3. The minimum atomic E-state index is -5.71. The Morgan fingerprint density at radius 1 is 1.23 bits per heavy atom. The molecule has 0 amide bonds. The van der Waals surface area contributed by atoms with Gasteiger partial charge in [-0.25, -0.2) is 0 Å². The highest BCUT2D eigenvalue weighted by atomic mass is 32.2. The number of fused-ring (bicyclic) bond motifs is 2. The third-order valence-corrected chi connectivity index (χ3v) is 7.67. The molecule has 174 valence electrons. The lowest BCUT2D eigenvalue weighted by Gasteiger charge is -2.45. The third-order valence-electron chi connectivity index (χ3n) is 6.62. The third kappa shape index (κ3) is 5.10. The molecule has 0 aromatic heterocycles.